The normalized spacial score (nSPS) is 9.74. The Hall–Kier alpha value is -3.42. The molecule has 0 bridgehead atoms. The summed E-state index contributed by atoms with van der Waals surface area (Å²) in [5.74, 6) is -1.64. The van der Waals surface area contributed by atoms with Crippen LogP contribution in [0.3, 0.4) is 0 Å². The molecule has 0 atom stereocenters. The third kappa shape index (κ3) is 4.53. The van der Waals surface area contributed by atoms with Gasteiger partial charge < -0.3 is 10.5 Å². The number of nitrogens with two attached hydrogens (primary N) is 1. The van der Waals surface area contributed by atoms with E-state index in [4.69, 9.17) is 10.5 Å². The molecule has 0 spiro atoms. The molecule has 0 saturated heterocycles. The molecule has 23 heavy (non-hydrogen) atoms. The van der Waals surface area contributed by atoms with Gasteiger partial charge in [-0.3, -0.25) is 30.2 Å². The van der Waals surface area contributed by atoms with Gasteiger partial charge in [0.25, 0.3) is 17.7 Å². The molecule has 0 fully saturated rings. The van der Waals surface area contributed by atoms with Crippen LogP contribution < -0.4 is 21.3 Å². The highest BCUT2D eigenvalue weighted by Gasteiger charge is 2.11. The van der Waals surface area contributed by atoms with Gasteiger partial charge in [-0.2, -0.15) is 0 Å². The minimum Gasteiger partial charge on any atom is -0.483 e. The minimum atomic E-state index is -0.663. The lowest BCUT2D eigenvalue weighted by molar-refractivity contribution is -0.123. The van der Waals surface area contributed by atoms with Gasteiger partial charge in [-0.25, -0.2) is 0 Å². The van der Waals surface area contributed by atoms with E-state index in [0.717, 1.165) is 0 Å². The van der Waals surface area contributed by atoms with E-state index in [0.29, 0.717) is 0 Å². The Kier molecular flexibility index (Phi) is 5.24. The van der Waals surface area contributed by atoms with Crippen LogP contribution in [0, 0.1) is 0 Å². The summed E-state index contributed by atoms with van der Waals surface area (Å²) in [6.45, 7) is -0.396. The second-order valence-electron chi connectivity index (χ2n) is 4.37. The zero-order valence-electron chi connectivity index (χ0n) is 12.0. The van der Waals surface area contributed by atoms with Gasteiger partial charge in [-0.15, -0.1) is 0 Å². The Bertz CT molecular complexity index is 718. The summed E-state index contributed by atoms with van der Waals surface area (Å²) in [5.41, 5.74) is 9.90. The van der Waals surface area contributed by atoms with Crippen molar-refractivity contribution in [3.05, 3.63) is 59.9 Å². The molecule has 0 aliphatic rings. The number of nitrogens with zero attached hydrogens (tertiary/aromatic N) is 1. The number of hydrazine groups is 1. The zero-order valence-corrected chi connectivity index (χ0v) is 12.0. The van der Waals surface area contributed by atoms with Crippen molar-refractivity contribution in [2.75, 3.05) is 6.61 Å². The predicted octanol–water partition coefficient (Wildman–Crippen LogP) is 0.0205. The number of carbonyl (C=O) groups excluding carboxylic acids is 3. The molecule has 4 N–H and O–H groups in total. The van der Waals surface area contributed by atoms with Crippen molar-refractivity contribution < 1.29 is 19.1 Å². The molecular weight excluding hydrogens is 300 g/mol. The monoisotopic (exact) mass is 314 g/mol. The number of pyridine rings is 1. The Labute approximate surface area is 131 Å². The molecule has 3 amide bonds. The third-order valence-corrected chi connectivity index (χ3v) is 2.72. The molecule has 0 saturated carbocycles. The molecule has 2 aromatic rings. The van der Waals surface area contributed by atoms with Gasteiger partial charge in [-0.05, 0) is 24.3 Å². The number of para-hydroxylation sites is 1. The van der Waals surface area contributed by atoms with Crippen LogP contribution in [0.2, 0.25) is 0 Å². The summed E-state index contributed by atoms with van der Waals surface area (Å²) < 4.78 is 5.22. The number of nitrogens with one attached hydrogen (secondary N) is 2. The zero-order chi connectivity index (χ0) is 16.7. The minimum absolute atomic E-state index is 0.160. The van der Waals surface area contributed by atoms with Crippen molar-refractivity contribution >= 4 is 17.7 Å². The number of carbonyl (C=O) groups is 3. The van der Waals surface area contributed by atoms with Gasteiger partial charge >= 0.3 is 0 Å². The van der Waals surface area contributed by atoms with Crippen LogP contribution in [0.25, 0.3) is 0 Å². The van der Waals surface area contributed by atoms with E-state index in [1.54, 1.807) is 24.3 Å². The molecule has 118 valence electrons. The summed E-state index contributed by atoms with van der Waals surface area (Å²) in [6, 6.07) is 11.1. The maximum atomic E-state index is 11.7. The Morgan fingerprint density at radius 1 is 1.04 bits per heavy atom. The van der Waals surface area contributed by atoms with Gasteiger partial charge in [0.1, 0.15) is 11.4 Å². The third-order valence-electron chi connectivity index (χ3n) is 2.72. The van der Waals surface area contributed by atoms with Crippen LogP contribution in [0.5, 0.6) is 5.75 Å². The predicted molar refractivity (Wildman–Crippen MR) is 80.3 cm³/mol. The van der Waals surface area contributed by atoms with Crippen LogP contribution in [-0.2, 0) is 4.79 Å². The summed E-state index contributed by atoms with van der Waals surface area (Å²) in [6.07, 6.45) is 1.46. The van der Waals surface area contributed by atoms with Crippen LogP contribution in [-0.4, -0.2) is 29.3 Å². The number of hydrogen-bond donors (Lipinski definition) is 3. The lowest BCUT2D eigenvalue weighted by Gasteiger charge is -2.10. The highest BCUT2D eigenvalue weighted by Crippen LogP contribution is 2.16. The van der Waals surface area contributed by atoms with Gasteiger partial charge in [0.05, 0.1) is 5.56 Å². The van der Waals surface area contributed by atoms with E-state index in [9.17, 15) is 14.4 Å². The average Bonchev–Trinajstić information content (AvgIpc) is 2.58. The highest BCUT2D eigenvalue weighted by molar-refractivity contribution is 5.96. The molecule has 0 unspecified atom stereocenters. The molecule has 1 heterocycles. The lowest BCUT2D eigenvalue weighted by Crippen LogP contribution is -2.44. The number of benzene rings is 1. The van der Waals surface area contributed by atoms with E-state index in [2.05, 4.69) is 15.8 Å². The quantitative estimate of drug-likeness (QED) is 0.671. The first-order valence-corrected chi connectivity index (χ1v) is 6.60. The molecular formula is C15H14N4O4. The van der Waals surface area contributed by atoms with Crippen molar-refractivity contribution in [3.63, 3.8) is 0 Å². The van der Waals surface area contributed by atoms with E-state index in [-0.39, 0.29) is 17.0 Å². The number of ether oxygens (including phenoxy) is 1. The Balaban J connectivity index is 1.84. The van der Waals surface area contributed by atoms with Crippen LogP contribution in [0.4, 0.5) is 0 Å². The first-order valence-electron chi connectivity index (χ1n) is 6.60. The maximum absolute atomic E-state index is 11.7. The number of hydrogen-bond acceptors (Lipinski definition) is 5. The van der Waals surface area contributed by atoms with Gasteiger partial charge in [0.2, 0.25) is 0 Å². The van der Waals surface area contributed by atoms with Crippen molar-refractivity contribution in [1.29, 1.82) is 0 Å². The first kappa shape index (κ1) is 16.0. The fraction of sp³-hybridized carbons (Fsp3) is 0.0667. The largest absolute Gasteiger partial charge is 0.483 e. The summed E-state index contributed by atoms with van der Waals surface area (Å²) in [5, 5.41) is 0. The van der Waals surface area contributed by atoms with E-state index in [1.807, 2.05) is 0 Å². The number of amides is 3. The summed E-state index contributed by atoms with van der Waals surface area (Å²) >= 11 is 0. The second kappa shape index (κ2) is 7.55. The summed E-state index contributed by atoms with van der Waals surface area (Å²) in [7, 11) is 0. The Morgan fingerprint density at radius 2 is 1.78 bits per heavy atom. The fourth-order valence-corrected chi connectivity index (χ4v) is 1.66. The molecule has 8 nitrogen and oxygen atoms in total. The highest BCUT2D eigenvalue weighted by atomic mass is 16.5. The van der Waals surface area contributed by atoms with Crippen molar-refractivity contribution in [2.45, 2.75) is 0 Å². The molecule has 2 rings (SSSR count). The standard InChI is InChI=1S/C15H14N4O4/c16-14(21)10-5-1-2-7-12(10)23-9-13(20)18-19-15(22)11-6-3-4-8-17-11/h1-8H,9H2,(H2,16,21)(H,18,20)(H,19,22). The van der Waals surface area contributed by atoms with Crippen molar-refractivity contribution in [1.82, 2.24) is 15.8 Å². The van der Waals surface area contributed by atoms with E-state index >= 15 is 0 Å². The molecule has 0 radical (unpaired) electrons. The molecule has 1 aromatic carbocycles. The van der Waals surface area contributed by atoms with Gasteiger partial charge in [-0.1, -0.05) is 18.2 Å². The van der Waals surface area contributed by atoms with Crippen LogP contribution >= 0.6 is 0 Å². The molecule has 0 aliphatic heterocycles. The number of primary amides is 1. The van der Waals surface area contributed by atoms with Gasteiger partial charge in [0, 0.05) is 6.20 Å². The number of aromatic nitrogens is 1. The van der Waals surface area contributed by atoms with Gasteiger partial charge in [0.15, 0.2) is 6.61 Å². The second-order valence-corrected chi connectivity index (χ2v) is 4.37. The molecule has 1 aromatic heterocycles. The Morgan fingerprint density at radius 3 is 2.48 bits per heavy atom. The fourth-order valence-electron chi connectivity index (χ4n) is 1.66. The number of rotatable bonds is 5. The van der Waals surface area contributed by atoms with Crippen molar-refractivity contribution in [3.8, 4) is 5.75 Å². The molecule has 8 heteroatoms. The topological polar surface area (TPSA) is 123 Å². The smallest absolute Gasteiger partial charge is 0.288 e. The molecule has 0 aliphatic carbocycles. The van der Waals surface area contributed by atoms with Crippen LogP contribution in [0.1, 0.15) is 20.8 Å². The SMILES string of the molecule is NC(=O)c1ccccc1OCC(=O)NNC(=O)c1ccccn1. The van der Waals surface area contributed by atoms with E-state index in [1.165, 1.54) is 24.4 Å². The van der Waals surface area contributed by atoms with E-state index < -0.39 is 24.3 Å². The maximum Gasteiger partial charge on any atom is 0.288 e. The lowest BCUT2D eigenvalue weighted by atomic mass is 10.2. The first-order chi connectivity index (χ1) is 11.1. The summed E-state index contributed by atoms with van der Waals surface area (Å²) in [4.78, 5) is 38.4. The van der Waals surface area contributed by atoms with Crippen molar-refractivity contribution in [2.24, 2.45) is 5.73 Å². The average molecular weight is 314 g/mol. The van der Waals surface area contributed by atoms with Crippen LogP contribution in [0.15, 0.2) is 48.7 Å².